The van der Waals surface area contributed by atoms with Crippen molar-refractivity contribution in [2.45, 2.75) is 103 Å². The molecule has 2 amide bonds. The molecule has 9 heteroatoms. The SMILES string of the molecule is CC(C)NC(=O)C1CCC(n2/c(=N\C(=O)C3CCCCC3)[nH]c3cnc(OCCN4CCCCC4)cc32)CC1. The van der Waals surface area contributed by atoms with Gasteiger partial charge >= 0.3 is 0 Å². The zero-order chi connectivity index (χ0) is 27.2. The molecule has 1 aliphatic heterocycles. The molecule has 2 aromatic rings. The topological polar surface area (TPSA) is 105 Å². The van der Waals surface area contributed by atoms with Crippen LogP contribution in [-0.4, -0.2) is 63.5 Å². The Balaban J connectivity index is 1.38. The number of hydrogen-bond acceptors (Lipinski definition) is 5. The molecule has 214 valence electrons. The Labute approximate surface area is 231 Å². The molecule has 3 fully saturated rings. The summed E-state index contributed by atoms with van der Waals surface area (Å²) in [5.41, 5.74) is 2.42. The van der Waals surface area contributed by atoms with E-state index in [0.717, 1.165) is 82.0 Å². The number of aromatic nitrogens is 3. The van der Waals surface area contributed by atoms with Crippen molar-refractivity contribution < 1.29 is 14.3 Å². The molecule has 3 aliphatic rings. The van der Waals surface area contributed by atoms with Crippen molar-refractivity contribution in [2.24, 2.45) is 16.8 Å². The number of imidazole rings is 1. The minimum Gasteiger partial charge on any atom is -0.476 e. The molecule has 2 saturated carbocycles. The summed E-state index contributed by atoms with van der Waals surface area (Å²) < 4.78 is 8.29. The summed E-state index contributed by atoms with van der Waals surface area (Å²) in [5.74, 6) is 0.779. The van der Waals surface area contributed by atoms with Crippen LogP contribution in [0, 0.1) is 11.8 Å². The number of rotatable bonds is 8. The van der Waals surface area contributed by atoms with Gasteiger partial charge in [0.1, 0.15) is 6.61 Å². The third-order valence-corrected chi connectivity index (χ3v) is 8.73. The van der Waals surface area contributed by atoms with Crippen LogP contribution in [0.3, 0.4) is 0 Å². The first-order chi connectivity index (χ1) is 19.0. The van der Waals surface area contributed by atoms with E-state index in [0.29, 0.717) is 18.1 Å². The van der Waals surface area contributed by atoms with Gasteiger partial charge in [0.2, 0.25) is 17.4 Å². The summed E-state index contributed by atoms with van der Waals surface area (Å²) in [7, 11) is 0. The largest absolute Gasteiger partial charge is 0.476 e. The summed E-state index contributed by atoms with van der Waals surface area (Å²) in [6, 6.07) is 2.29. The van der Waals surface area contributed by atoms with Gasteiger partial charge in [-0.15, -0.1) is 0 Å². The van der Waals surface area contributed by atoms with E-state index in [1.54, 1.807) is 6.20 Å². The number of amides is 2. The average molecular weight is 539 g/mol. The van der Waals surface area contributed by atoms with Gasteiger partial charge in [-0.2, -0.15) is 4.99 Å². The van der Waals surface area contributed by atoms with Gasteiger partial charge in [-0.1, -0.05) is 25.7 Å². The monoisotopic (exact) mass is 538 g/mol. The Morgan fingerprint density at radius 3 is 2.46 bits per heavy atom. The number of piperidine rings is 1. The Bertz CT molecular complexity index is 1180. The molecule has 3 heterocycles. The highest BCUT2D eigenvalue weighted by Gasteiger charge is 2.29. The van der Waals surface area contributed by atoms with Gasteiger partial charge in [-0.05, 0) is 78.3 Å². The van der Waals surface area contributed by atoms with Gasteiger partial charge in [0, 0.05) is 36.5 Å². The molecule has 0 spiro atoms. The van der Waals surface area contributed by atoms with Crippen molar-refractivity contribution in [3.63, 3.8) is 0 Å². The van der Waals surface area contributed by atoms with Gasteiger partial charge < -0.3 is 19.6 Å². The van der Waals surface area contributed by atoms with E-state index in [4.69, 9.17) is 4.74 Å². The molecule has 0 aromatic carbocycles. The number of aromatic amines is 1. The maximum Gasteiger partial charge on any atom is 0.252 e. The van der Waals surface area contributed by atoms with Crippen molar-refractivity contribution in [1.29, 1.82) is 0 Å². The van der Waals surface area contributed by atoms with Crippen molar-refractivity contribution in [3.8, 4) is 5.88 Å². The smallest absolute Gasteiger partial charge is 0.252 e. The summed E-state index contributed by atoms with van der Waals surface area (Å²) in [6.07, 6.45) is 14.3. The lowest BCUT2D eigenvalue weighted by Crippen LogP contribution is -2.38. The Morgan fingerprint density at radius 2 is 1.74 bits per heavy atom. The van der Waals surface area contributed by atoms with Crippen LogP contribution in [0.2, 0.25) is 0 Å². The van der Waals surface area contributed by atoms with E-state index in [1.807, 2.05) is 19.9 Å². The molecule has 2 aromatic heterocycles. The Hall–Kier alpha value is -2.68. The summed E-state index contributed by atoms with van der Waals surface area (Å²) in [4.78, 5) is 40.9. The number of likely N-dealkylation sites (tertiary alicyclic amines) is 1. The van der Waals surface area contributed by atoms with Gasteiger partial charge in [-0.25, -0.2) is 4.98 Å². The quantitative estimate of drug-likeness (QED) is 0.515. The number of fused-ring (bicyclic) bond motifs is 1. The van der Waals surface area contributed by atoms with Crippen LogP contribution in [0.5, 0.6) is 5.88 Å². The van der Waals surface area contributed by atoms with Crippen LogP contribution in [0.1, 0.15) is 96.9 Å². The lowest BCUT2D eigenvalue weighted by molar-refractivity contribution is -0.126. The van der Waals surface area contributed by atoms with Gasteiger partial charge in [0.25, 0.3) is 5.91 Å². The third kappa shape index (κ3) is 7.10. The number of pyridine rings is 1. The first-order valence-electron chi connectivity index (χ1n) is 15.3. The molecule has 0 bridgehead atoms. The molecule has 39 heavy (non-hydrogen) atoms. The lowest BCUT2D eigenvalue weighted by atomic mass is 9.85. The second-order valence-corrected chi connectivity index (χ2v) is 12.1. The fraction of sp³-hybridized carbons (Fsp3) is 0.733. The molecule has 0 unspecified atom stereocenters. The van der Waals surface area contributed by atoms with Gasteiger partial charge in [0.15, 0.2) is 0 Å². The second kappa shape index (κ2) is 13.1. The van der Waals surface area contributed by atoms with E-state index in [2.05, 4.69) is 29.7 Å². The Morgan fingerprint density at radius 1 is 1.03 bits per heavy atom. The van der Waals surface area contributed by atoms with E-state index >= 15 is 0 Å². The number of H-pyrrole nitrogens is 1. The van der Waals surface area contributed by atoms with E-state index in [-0.39, 0.29) is 35.7 Å². The van der Waals surface area contributed by atoms with Crippen LogP contribution in [-0.2, 0) is 9.59 Å². The van der Waals surface area contributed by atoms with Crippen LogP contribution < -0.4 is 15.7 Å². The zero-order valence-corrected chi connectivity index (χ0v) is 23.8. The molecule has 2 aliphatic carbocycles. The maximum absolute atomic E-state index is 13.2. The van der Waals surface area contributed by atoms with E-state index in [1.165, 1.54) is 25.7 Å². The molecular formula is C30H46N6O3. The molecule has 0 radical (unpaired) electrons. The first kappa shape index (κ1) is 27.9. The molecular weight excluding hydrogens is 492 g/mol. The van der Waals surface area contributed by atoms with Crippen LogP contribution in [0.15, 0.2) is 17.3 Å². The van der Waals surface area contributed by atoms with E-state index in [9.17, 15) is 9.59 Å². The normalized spacial score (nSPS) is 23.8. The van der Waals surface area contributed by atoms with Crippen LogP contribution >= 0.6 is 0 Å². The minimum absolute atomic E-state index is 0.0147. The standard InChI is InChI=1S/C30H46N6O3/c1-21(2)32-28(37)23-11-13-24(14-12-23)36-26-19-27(39-18-17-35-15-7-4-8-16-35)31-20-25(26)33-30(36)34-29(38)22-9-5-3-6-10-22/h19-24H,3-18H2,1-2H3,(H,32,37)(H,33,34,38). The maximum atomic E-state index is 13.2. The third-order valence-electron chi connectivity index (χ3n) is 8.73. The number of carbonyl (C=O) groups excluding carboxylic acids is 2. The number of ether oxygens (including phenoxy) is 1. The van der Waals surface area contributed by atoms with Crippen molar-refractivity contribution in [1.82, 2.24) is 24.8 Å². The van der Waals surface area contributed by atoms with Crippen LogP contribution in [0.4, 0.5) is 0 Å². The van der Waals surface area contributed by atoms with Crippen molar-refractivity contribution in [2.75, 3.05) is 26.2 Å². The average Bonchev–Trinajstić information content (AvgIpc) is 3.30. The van der Waals surface area contributed by atoms with E-state index < -0.39 is 0 Å². The van der Waals surface area contributed by atoms with Crippen molar-refractivity contribution in [3.05, 3.63) is 17.9 Å². The fourth-order valence-corrected chi connectivity index (χ4v) is 6.55. The highest BCUT2D eigenvalue weighted by molar-refractivity contribution is 5.81. The van der Waals surface area contributed by atoms with Gasteiger partial charge in [-0.3, -0.25) is 14.5 Å². The fourth-order valence-electron chi connectivity index (χ4n) is 6.55. The minimum atomic E-state index is -0.0223. The van der Waals surface area contributed by atoms with Gasteiger partial charge in [0.05, 0.1) is 17.2 Å². The highest BCUT2D eigenvalue weighted by atomic mass is 16.5. The lowest BCUT2D eigenvalue weighted by Gasteiger charge is -2.29. The number of carbonyl (C=O) groups is 2. The molecule has 5 rings (SSSR count). The predicted octanol–water partition coefficient (Wildman–Crippen LogP) is 4.49. The first-order valence-corrected chi connectivity index (χ1v) is 15.3. The second-order valence-electron chi connectivity index (χ2n) is 12.1. The number of nitrogens with one attached hydrogen (secondary N) is 2. The zero-order valence-electron chi connectivity index (χ0n) is 23.8. The number of hydrogen-bond donors (Lipinski definition) is 2. The van der Waals surface area contributed by atoms with Crippen molar-refractivity contribution >= 4 is 22.8 Å². The molecule has 1 saturated heterocycles. The molecule has 9 nitrogen and oxygen atoms in total. The Kier molecular flexibility index (Phi) is 9.37. The predicted molar refractivity (Wildman–Crippen MR) is 151 cm³/mol. The summed E-state index contributed by atoms with van der Waals surface area (Å²) in [6.45, 7) is 7.81. The molecule has 0 atom stereocenters. The summed E-state index contributed by atoms with van der Waals surface area (Å²) in [5, 5.41) is 3.07. The molecule has 2 N–H and O–H groups in total. The number of nitrogens with zero attached hydrogens (tertiary/aromatic N) is 4. The van der Waals surface area contributed by atoms with Crippen LogP contribution in [0.25, 0.3) is 11.0 Å². The summed E-state index contributed by atoms with van der Waals surface area (Å²) >= 11 is 0. The highest BCUT2D eigenvalue weighted by Crippen LogP contribution is 2.34.